The lowest BCUT2D eigenvalue weighted by atomic mass is 9.92. The van der Waals surface area contributed by atoms with Gasteiger partial charge in [-0.2, -0.15) is 0 Å². The lowest BCUT2D eigenvalue weighted by Gasteiger charge is -2.37. The lowest BCUT2D eigenvalue weighted by Crippen LogP contribution is -2.43. The molecule has 5 nitrogen and oxygen atoms in total. The maximum atomic E-state index is 4.22. The molecule has 1 fully saturated rings. The van der Waals surface area contributed by atoms with Crippen LogP contribution in [0.15, 0.2) is 6.20 Å². The topological polar surface area (TPSA) is 46.0 Å². The number of piperidine rings is 1. The van der Waals surface area contributed by atoms with Crippen molar-refractivity contribution in [2.45, 2.75) is 59.2 Å². The first kappa shape index (κ1) is 15.4. The molecule has 2 unspecified atom stereocenters. The normalized spacial score (nSPS) is 24.1. The van der Waals surface area contributed by atoms with Gasteiger partial charge in [0.1, 0.15) is 0 Å². The highest BCUT2D eigenvalue weighted by Gasteiger charge is 2.24. The summed E-state index contributed by atoms with van der Waals surface area (Å²) in [5, 5.41) is 11.8. The van der Waals surface area contributed by atoms with Gasteiger partial charge in [-0.3, -0.25) is 9.58 Å². The van der Waals surface area contributed by atoms with Crippen LogP contribution in [0, 0.1) is 5.92 Å². The number of hydrogen-bond acceptors (Lipinski definition) is 4. The fourth-order valence-electron chi connectivity index (χ4n) is 2.89. The minimum atomic E-state index is 0.693. The van der Waals surface area contributed by atoms with E-state index in [1.807, 2.05) is 4.68 Å². The van der Waals surface area contributed by atoms with Gasteiger partial charge < -0.3 is 5.32 Å². The Morgan fingerprint density at radius 1 is 1.35 bits per heavy atom. The van der Waals surface area contributed by atoms with Gasteiger partial charge >= 0.3 is 0 Å². The van der Waals surface area contributed by atoms with E-state index in [0.717, 1.165) is 44.2 Å². The Labute approximate surface area is 122 Å². The molecule has 0 saturated carbocycles. The maximum absolute atomic E-state index is 4.22. The van der Waals surface area contributed by atoms with Crippen LogP contribution >= 0.6 is 0 Å². The van der Waals surface area contributed by atoms with Crippen molar-refractivity contribution in [2.75, 3.05) is 19.6 Å². The Kier molecular flexibility index (Phi) is 5.98. The summed E-state index contributed by atoms with van der Waals surface area (Å²) in [6, 6.07) is 0.693. The molecule has 5 heteroatoms. The maximum Gasteiger partial charge on any atom is 0.0964 e. The van der Waals surface area contributed by atoms with Crippen LogP contribution in [-0.4, -0.2) is 45.6 Å². The predicted molar refractivity (Wildman–Crippen MR) is 81.5 cm³/mol. The van der Waals surface area contributed by atoms with Crippen molar-refractivity contribution >= 4 is 0 Å². The van der Waals surface area contributed by atoms with Crippen molar-refractivity contribution in [1.82, 2.24) is 25.2 Å². The second-order valence-corrected chi connectivity index (χ2v) is 6.05. The van der Waals surface area contributed by atoms with Crippen molar-refractivity contribution < 1.29 is 0 Å². The van der Waals surface area contributed by atoms with Crippen molar-refractivity contribution in [3.05, 3.63) is 11.9 Å². The molecular formula is C15H29N5. The highest BCUT2D eigenvalue weighted by Crippen LogP contribution is 2.22. The minimum Gasteiger partial charge on any atom is -0.311 e. The molecule has 2 rings (SSSR count). The standard InChI is InChI=1S/C15H29N5/c1-4-7-16-11-15-12-20(18-17-15)10-9-19-8-5-6-13(2)14(19)3/h12-14,16H,4-11H2,1-3H3. The first-order valence-electron chi connectivity index (χ1n) is 8.04. The number of rotatable bonds is 7. The summed E-state index contributed by atoms with van der Waals surface area (Å²) in [5.41, 5.74) is 1.04. The number of hydrogen-bond donors (Lipinski definition) is 1. The Balaban J connectivity index is 1.76. The molecule has 1 aromatic rings. The molecule has 2 atom stereocenters. The third-order valence-corrected chi connectivity index (χ3v) is 4.44. The van der Waals surface area contributed by atoms with Crippen LogP contribution in [0.1, 0.15) is 45.7 Å². The van der Waals surface area contributed by atoms with Crippen molar-refractivity contribution in [1.29, 1.82) is 0 Å². The SMILES string of the molecule is CCCNCc1cn(CCN2CCCC(C)C2C)nn1. The predicted octanol–water partition coefficient (Wildman–Crippen LogP) is 1.90. The van der Waals surface area contributed by atoms with Crippen LogP contribution in [0.4, 0.5) is 0 Å². The molecular weight excluding hydrogens is 250 g/mol. The fraction of sp³-hybridized carbons (Fsp3) is 0.867. The fourth-order valence-corrected chi connectivity index (χ4v) is 2.89. The first-order chi connectivity index (χ1) is 9.70. The van der Waals surface area contributed by atoms with Gasteiger partial charge in [-0.05, 0) is 45.2 Å². The zero-order valence-electron chi connectivity index (χ0n) is 13.2. The van der Waals surface area contributed by atoms with E-state index >= 15 is 0 Å². The van der Waals surface area contributed by atoms with E-state index < -0.39 is 0 Å². The summed E-state index contributed by atoms with van der Waals surface area (Å²) in [4.78, 5) is 2.59. The molecule has 1 N–H and O–H groups in total. The van der Waals surface area contributed by atoms with Gasteiger partial charge in [-0.1, -0.05) is 19.1 Å². The van der Waals surface area contributed by atoms with Gasteiger partial charge in [0.05, 0.1) is 12.2 Å². The van der Waals surface area contributed by atoms with E-state index in [1.165, 1.54) is 19.4 Å². The smallest absolute Gasteiger partial charge is 0.0964 e. The number of nitrogens with one attached hydrogen (secondary N) is 1. The molecule has 1 saturated heterocycles. The second kappa shape index (κ2) is 7.74. The summed E-state index contributed by atoms with van der Waals surface area (Å²) in [6.07, 6.45) is 5.92. The van der Waals surface area contributed by atoms with Crippen LogP contribution < -0.4 is 5.32 Å². The second-order valence-electron chi connectivity index (χ2n) is 6.05. The first-order valence-corrected chi connectivity index (χ1v) is 8.04. The van der Waals surface area contributed by atoms with Gasteiger partial charge in [0.25, 0.3) is 0 Å². The van der Waals surface area contributed by atoms with Gasteiger partial charge in [0.2, 0.25) is 0 Å². The highest BCUT2D eigenvalue weighted by atomic mass is 15.4. The lowest BCUT2D eigenvalue weighted by molar-refractivity contribution is 0.108. The molecule has 114 valence electrons. The van der Waals surface area contributed by atoms with E-state index in [-0.39, 0.29) is 0 Å². The van der Waals surface area contributed by atoms with Crippen molar-refractivity contribution in [3.8, 4) is 0 Å². The highest BCUT2D eigenvalue weighted by molar-refractivity contribution is 4.91. The average Bonchev–Trinajstić information content (AvgIpc) is 2.89. The van der Waals surface area contributed by atoms with Gasteiger partial charge in [-0.15, -0.1) is 5.10 Å². The largest absolute Gasteiger partial charge is 0.311 e. The Morgan fingerprint density at radius 2 is 2.20 bits per heavy atom. The summed E-state index contributed by atoms with van der Waals surface area (Å²) in [5.74, 6) is 0.813. The van der Waals surface area contributed by atoms with E-state index in [4.69, 9.17) is 0 Å². The number of aromatic nitrogens is 3. The van der Waals surface area contributed by atoms with Gasteiger partial charge in [0.15, 0.2) is 0 Å². The molecule has 0 spiro atoms. The molecule has 0 radical (unpaired) electrons. The Morgan fingerprint density at radius 3 is 3.00 bits per heavy atom. The molecule has 1 aromatic heterocycles. The Hall–Kier alpha value is -0.940. The molecule has 1 aliphatic heterocycles. The molecule has 0 aromatic carbocycles. The molecule has 2 heterocycles. The zero-order valence-corrected chi connectivity index (χ0v) is 13.2. The summed E-state index contributed by atoms with van der Waals surface area (Å²) in [7, 11) is 0. The molecule has 0 amide bonds. The van der Waals surface area contributed by atoms with Crippen LogP contribution in [0.25, 0.3) is 0 Å². The quantitative estimate of drug-likeness (QED) is 0.774. The number of likely N-dealkylation sites (tertiary alicyclic amines) is 1. The van der Waals surface area contributed by atoms with E-state index in [1.54, 1.807) is 0 Å². The van der Waals surface area contributed by atoms with Crippen LogP contribution in [0.5, 0.6) is 0 Å². The monoisotopic (exact) mass is 279 g/mol. The van der Waals surface area contributed by atoms with E-state index in [2.05, 4.69) is 47.5 Å². The summed E-state index contributed by atoms with van der Waals surface area (Å²) < 4.78 is 1.98. The van der Waals surface area contributed by atoms with Crippen molar-refractivity contribution in [3.63, 3.8) is 0 Å². The third kappa shape index (κ3) is 4.28. The van der Waals surface area contributed by atoms with Crippen LogP contribution in [0.3, 0.4) is 0 Å². The van der Waals surface area contributed by atoms with Gasteiger partial charge in [-0.25, -0.2) is 0 Å². The molecule has 0 bridgehead atoms. The Bertz CT molecular complexity index is 389. The van der Waals surface area contributed by atoms with Crippen LogP contribution in [-0.2, 0) is 13.1 Å². The van der Waals surface area contributed by atoms with Crippen LogP contribution in [0.2, 0.25) is 0 Å². The molecule has 0 aliphatic carbocycles. The average molecular weight is 279 g/mol. The van der Waals surface area contributed by atoms with E-state index in [0.29, 0.717) is 6.04 Å². The molecule has 20 heavy (non-hydrogen) atoms. The zero-order chi connectivity index (χ0) is 14.4. The van der Waals surface area contributed by atoms with Crippen molar-refractivity contribution in [2.24, 2.45) is 5.92 Å². The summed E-state index contributed by atoms with van der Waals surface area (Å²) in [6.45, 7) is 12.0. The van der Waals surface area contributed by atoms with E-state index in [9.17, 15) is 0 Å². The third-order valence-electron chi connectivity index (χ3n) is 4.44. The molecule has 1 aliphatic rings. The van der Waals surface area contributed by atoms with Gasteiger partial charge in [0, 0.05) is 25.3 Å². The minimum absolute atomic E-state index is 0.693. The number of nitrogens with zero attached hydrogens (tertiary/aromatic N) is 4. The summed E-state index contributed by atoms with van der Waals surface area (Å²) >= 11 is 0.